The van der Waals surface area contributed by atoms with Crippen molar-refractivity contribution < 1.29 is 14.3 Å². The lowest BCUT2D eigenvalue weighted by molar-refractivity contribution is -0.145. The van der Waals surface area contributed by atoms with E-state index in [9.17, 15) is 9.59 Å². The second kappa shape index (κ2) is 5.01. The van der Waals surface area contributed by atoms with E-state index >= 15 is 0 Å². The second-order valence-corrected chi connectivity index (χ2v) is 2.95. The van der Waals surface area contributed by atoms with Crippen molar-refractivity contribution in [3.05, 3.63) is 24.0 Å². The molecule has 0 aliphatic rings. The minimum atomic E-state index is -0.548. The lowest BCUT2D eigenvalue weighted by Crippen LogP contribution is -2.20. The van der Waals surface area contributed by atoms with Crippen LogP contribution in [-0.2, 0) is 9.53 Å². The molecule has 0 radical (unpaired) electrons. The van der Waals surface area contributed by atoms with Gasteiger partial charge in [0, 0.05) is 6.20 Å². The molecule has 1 rings (SSSR count). The van der Waals surface area contributed by atoms with Crippen LogP contribution in [-0.4, -0.2) is 23.4 Å². The summed E-state index contributed by atoms with van der Waals surface area (Å²) in [5, 5.41) is 0. The highest BCUT2D eigenvalue weighted by molar-refractivity contribution is 5.77. The number of carbonyl (C=O) groups excluding carboxylic acids is 2. The van der Waals surface area contributed by atoms with Crippen LogP contribution in [0.15, 0.2) is 18.3 Å². The highest BCUT2D eigenvalue weighted by Gasteiger charge is 2.17. The third-order valence-corrected chi connectivity index (χ3v) is 1.99. The van der Waals surface area contributed by atoms with E-state index in [0.717, 1.165) is 0 Å². The number of hydrogen-bond donors (Lipinski definition) is 0. The molecular formula is C11H11NO3. The first-order valence-corrected chi connectivity index (χ1v) is 4.42. The Morgan fingerprint density at radius 2 is 2.53 bits per heavy atom. The Hall–Kier alpha value is -2.02. The van der Waals surface area contributed by atoms with Gasteiger partial charge < -0.3 is 9.30 Å². The van der Waals surface area contributed by atoms with Crippen LogP contribution in [0.5, 0.6) is 0 Å². The average molecular weight is 205 g/mol. The Bertz CT molecular complexity index is 400. The van der Waals surface area contributed by atoms with E-state index in [-0.39, 0.29) is 6.61 Å². The van der Waals surface area contributed by atoms with Crippen LogP contribution in [0.25, 0.3) is 0 Å². The predicted octanol–water partition coefficient (Wildman–Crippen LogP) is 1.04. The summed E-state index contributed by atoms with van der Waals surface area (Å²) in [6, 6.07) is 2.76. The Balaban J connectivity index is 2.76. The molecule has 0 amide bonds. The smallest absolute Gasteiger partial charge is 0.329 e. The molecule has 1 aromatic rings. The average Bonchev–Trinajstić information content (AvgIpc) is 2.72. The summed E-state index contributed by atoms with van der Waals surface area (Å²) < 4.78 is 6.30. The summed E-state index contributed by atoms with van der Waals surface area (Å²) in [6.45, 7) is 1.59. The molecule has 0 saturated heterocycles. The van der Waals surface area contributed by atoms with Gasteiger partial charge in [0.05, 0.1) is 5.69 Å². The summed E-state index contributed by atoms with van der Waals surface area (Å²) in [5.74, 6) is 1.75. The van der Waals surface area contributed by atoms with Crippen molar-refractivity contribution in [1.82, 2.24) is 4.57 Å². The minimum Gasteiger partial charge on any atom is -0.451 e. The van der Waals surface area contributed by atoms with Gasteiger partial charge in [0.25, 0.3) is 0 Å². The number of aromatic nitrogens is 1. The lowest BCUT2D eigenvalue weighted by atomic mass is 10.3. The van der Waals surface area contributed by atoms with Crippen LogP contribution in [0.4, 0.5) is 0 Å². The van der Waals surface area contributed by atoms with Gasteiger partial charge in [-0.25, -0.2) is 4.79 Å². The summed E-state index contributed by atoms with van der Waals surface area (Å²) in [7, 11) is 0. The SMILES string of the molecule is C#CCOC(=O)C(C)n1cccc1C=O. The van der Waals surface area contributed by atoms with Crippen molar-refractivity contribution in [2.75, 3.05) is 6.61 Å². The van der Waals surface area contributed by atoms with Crippen LogP contribution in [0.1, 0.15) is 23.5 Å². The van der Waals surface area contributed by atoms with Gasteiger partial charge in [-0.3, -0.25) is 4.79 Å². The second-order valence-electron chi connectivity index (χ2n) is 2.95. The topological polar surface area (TPSA) is 48.3 Å². The fraction of sp³-hybridized carbons (Fsp3) is 0.273. The molecule has 0 spiro atoms. The maximum absolute atomic E-state index is 11.4. The van der Waals surface area contributed by atoms with Gasteiger partial charge in [-0.05, 0) is 19.1 Å². The molecule has 0 aliphatic carbocycles. The maximum Gasteiger partial charge on any atom is 0.329 e. The number of esters is 1. The van der Waals surface area contributed by atoms with Crippen LogP contribution in [0, 0.1) is 12.3 Å². The van der Waals surface area contributed by atoms with E-state index in [1.165, 1.54) is 4.57 Å². The standard InChI is InChI=1S/C11H11NO3/c1-3-7-15-11(14)9(2)12-6-4-5-10(12)8-13/h1,4-6,8-9H,7H2,2H3. The molecule has 4 nitrogen and oxygen atoms in total. The van der Waals surface area contributed by atoms with Gasteiger partial charge in [-0.1, -0.05) is 5.92 Å². The molecule has 1 unspecified atom stereocenters. The molecule has 15 heavy (non-hydrogen) atoms. The number of rotatable bonds is 4. The molecule has 0 saturated carbocycles. The Morgan fingerprint density at radius 3 is 3.13 bits per heavy atom. The highest BCUT2D eigenvalue weighted by atomic mass is 16.5. The zero-order valence-electron chi connectivity index (χ0n) is 8.34. The Kier molecular flexibility index (Phi) is 3.69. The summed E-state index contributed by atoms with van der Waals surface area (Å²) in [5.41, 5.74) is 0.431. The molecule has 0 aromatic carbocycles. The van der Waals surface area contributed by atoms with Crippen molar-refractivity contribution in [2.24, 2.45) is 0 Å². The van der Waals surface area contributed by atoms with E-state index in [1.807, 2.05) is 0 Å². The Labute approximate surface area is 87.8 Å². The molecular weight excluding hydrogens is 194 g/mol. The van der Waals surface area contributed by atoms with E-state index in [1.54, 1.807) is 25.3 Å². The third kappa shape index (κ3) is 2.47. The number of ether oxygens (including phenoxy) is 1. The number of aldehydes is 1. The van der Waals surface area contributed by atoms with E-state index in [2.05, 4.69) is 5.92 Å². The molecule has 1 atom stereocenters. The minimum absolute atomic E-state index is 0.0547. The van der Waals surface area contributed by atoms with E-state index in [0.29, 0.717) is 12.0 Å². The van der Waals surface area contributed by atoms with Crippen LogP contribution < -0.4 is 0 Å². The van der Waals surface area contributed by atoms with Gasteiger partial charge in [0.1, 0.15) is 6.04 Å². The normalized spacial score (nSPS) is 11.5. The van der Waals surface area contributed by atoms with Gasteiger partial charge in [-0.2, -0.15) is 0 Å². The summed E-state index contributed by atoms with van der Waals surface area (Å²) in [6.07, 6.45) is 7.29. The van der Waals surface area contributed by atoms with Gasteiger partial charge in [0.2, 0.25) is 0 Å². The number of carbonyl (C=O) groups is 2. The quantitative estimate of drug-likeness (QED) is 0.419. The highest BCUT2D eigenvalue weighted by Crippen LogP contribution is 2.11. The molecule has 4 heteroatoms. The fourth-order valence-corrected chi connectivity index (χ4v) is 1.21. The van der Waals surface area contributed by atoms with Crippen LogP contribution in [0.2, 0.25) is 0 Å². The van der Waals surface area contributed by atoms with Crippen molar-refractivity contribution in [3.63, 3.8) is 0 Å². The Morgan fingerprint density at radius 1 is 1.80 bits per heavy atom. The number of nitrogens with zero attached hydrogens (tertiary/aromatic N) is 1. The monoisotopic (exact) mass is 205 g/mol. The van der Waals surface area contributed by atoms with Crippen molar-refractivity contribution >= 4 is 12.3 Å². The lowest BCUT2D eigenvalue weighted by Gasteiger charge is -2.13. The first-order valence-electron chi connectivity index (χ1n) is 4.42. The first kappa shape index (κ1) is 11.1. The van der Waals surface area contributed by atoms with Crippen LogP contribution in [0.3, 0.4) is 0 Å². The van der Waals surface area contributed by atoms with Gasteiger partial charge >= 0.3 is 5.97 Å². The maximum atomic E-state index is 11.4. The zero-order chi connectivity index (χ0) is 11.3. The third-order valence-electron chi connectivity index (χ3n) is 1.99. The summed E-state index contributed by atoms with van der Waals surface area (Å²) in [4.78, 5) is 22.0. The van der Waals surface area contributed by atoms with Gasteiger partial charge in [-0.15, -0.1) is 6.42 Å². The number of terminal acetylenes is 1. The largest absolute Gasteiger partial charge is 0.451 e. The zero-order valence-corrected chi connectivity index (χ0v) is 8.34. The predicted molar refractivity (Wildman–Crippen MR) is 54.3 cm³/mol. The first-order chi connectivity index (χ1) is 7.20. The molecule has 0 fully saturated rings. The molecule has 0 N–H and O–H groups in total. The fourth-order valence-electron chi connectivity index (χ4n) is 1.21. The molecule has 0 aliphatic heterocycles. The van der Waals surface area contributed by atoms with E-state index < -0.39 is 12.0 Å². The van der Waals surface area contributed by atoms with Gasteiger partial charge in [0.15, 0.2) is 12.9 Å². The molecule has 1 aromatic heterocycles. The van der Waals surface area contributed by atoms with Crippen molar-refractivity contribution in [1.29, 1.82) is 0 Å². The van der Waals surface area contributed by atoms with E-state index in [4.69, 9.17) is 11.2 Å². The molecule has 1 heterocycles. The van der Waals surface area contributed by atoms with Crippen molar-refractivity contribution in [3.8, 4) is 12.3 Å². The molecule has 78 valence electrons. The number of hydrogen-bond acceptors (Lipinski definition) is 3. The van der Waals surface area contributed by atoms with Crippen LogP contribution >= 0.6 is 0 Å². The molecule has 0 bridgehead atoms. The summed E-state index contributed by atoms with van der Waals surface area (Å²) >= 11 is 0. The van der Waals surface area contributed by atoms with Crippen molar-refractivity contribution in [2.45, 2.75) is 13.0 Å².